The van der Waals surface area contributed by atoms with Gasteiger partial charge in [-0.1, -0.05) is 170 Å². The van der Waals surface area contributed by atoms with E-state index in [2.05, 4.69) is 188 Å². The van der Waals surface area contributed by atoms with Crippen LogP contribution in [0.15, 0.2) is 217 Å². The SMILES string of the molecule is c1ccc(-c2cc(-c3ccccc3)cc(-c3nc(-c4ccc(-c5ccc6ccccc6c5)cc4)nc(-c4ccc5c(c4)oc4cccc(-c6ccccc6)c45)n3)c2)cc1. The van der Waals surface area contributed by atoms with Crippen molar-refractivity contribution in [3.63, 3.8) is 0 Å². The molecule has 0 fully saturated rings. The van der Waals surface area contributed by atoms with E-state index < -0.39 is 0 Å². The molecule has 0 bridgehead atoms. The van der Waals surface area contributed by atoms with Crippen molar-refractivity contribution in [2.75, 3.05) is 0 Å². The minimum atomic E-state index is 0.570. The van der Waals surface area contributed by atoms with Gasteiger partial charge in [-0.2, -0.15) is 0 Å². The predicted octanol–water partition coefficient (Wildman–Crippen LogP) is 14.6. The quantitative estimate of drug-likeness (QED) is 0.163. The molecular formula is C55H35N3O. The van der Waals surface area contributed by atoms with E-state index in [4.69, 9.17) is 19.4 Å². The van der Waals surface area contributed by atoms with Crippen molar-refractivity contribution in [1.82, 2.24) is 15.0 Å². The molecule has 0 saturated carbocycles. The molecule has 0 saturated heterocycles. The fraction of sp³-hybridized carbons (Fsp3) is 0. The number of hydrogen-bond donors (Lipinski definition) is 0. The molecule has 2 heterocycles. The fourth-order valence-corrected chi connectivity index (χ4v) is 8.12. The Morgan fingerprint density at radius 3 is 1.46 bits per heavy atom. The van der Waals surface area contributed by atoms with Crippen LogP contribution in [0.25, 0.3) is 111 Å². The second kappa shape index (κ2) is 14.5. The van der Waals surface area contributed by atoms with Crippen LogP contribution < -0.4 is 0 Å². The van der Waals surface area contributed by atoms with Gasteiger partial charge < -0.3 is 4.42 Å². The van der Waals surface area contributed by atoms with Gasteiger partial charge in [-0.15, -0.1) is 0 Å². The van der Waals surface area contributed by atoms with E-state index in [0.717, 1.165) is 83.1 Å². The highest BCUT2D eigenvalue weighted by atomic mass is 16.3. The Morgan fingerprint density at radius 1 is 0.271 bits per heavy atom. The minimum Gasteiger partial charge on any atom is -0.456 e. The zero-order chi connectivity index (χ0) is 39.1. The molecule has 0 amide bonds. The van der Waals surface area contributed by atoms with E-state index in [0.29, 0.717) is 17.5 Å². The Hall–Kier alpha value is -7.95. The van der Waals surface area contributed by atoms with Gasteiger partial charge in [0.05, 0.1) is 0 Å². The van der Waals surface area contributed by atoms with Crippen LogP contribution in [0.5, 0.6) is 0 Å². The average Bonchev–Trinajstić information content (AvgIpc) is 3.70. The van der Waals surface area contributed by atoms with Crippen LogP contribution in [0.3, 0.4) is 0 Å². The third kappa shape index (κ3) is 6.53. The van der Waals surface area contributed by atoms with E-state index in [1.54, 1.807) is 0 Å². The summed E-state index contributed by atoms with van der Waals surface area (Å²) in [7, 11) is 0. The second-order valence-electron chi connectivity index (χ2n) is 14.8. The summed E-state index contributed by atoms with van der Waals surface area (Å²) in [4.78, 5) is 15.6. The third-order valence-electron chi connectivity index (χ3n) is 11.1. The van der Waals surface area contributed by atoms with Gasteiger partial charge in [0.1, 0.15) is 11.2 Å². The van der Waals surface area contributed by atoms with E-state index in [-0.39, 0.29) is 0 Å². The lowest BCUT2D eigenvalue weighted by atomic mass is 9.96. The van der Waals surface area contributed by atoms with Crippen LogP contribution >= 0.6 is 0 Å². The smallest absolute Gasteiger partial charge is 0.164 e. The number of aromatic nitrogens is 3. The van der Waals surface area contributed by atoms with Crippen molar-refractivity contribution in [3.8, 4) is 78.7 Å². The lowest BCUT2D eigenvalue weighted by Crippen LogP contribution is -2.00. The normalized spacial score (nSPS) is 11.4. The minimum absolute atomic E-state index is 0.570. The molecule has 4 heteroatoms. The molecule has 0 aliphatic carbocycles. The van der Waals surface area contributed by atoms with Crippen LogP contribution in [-0.4, -0.2) is 15.0 Å². The second-order valence-corrected chi connectivity index (χ2v) is 14.8. The molecule has 0 radical (unpaired) electrons. The van der Waals surface area contributed by atoms with Crippen LogP contribution in [0.4, 0.5) is 0 Å². The van der Waals surface area contributed by atoms with E-state index in [9.17, 15) is 0 Å². The van der Waals surface area contributed by atoms with Crippen LogP contribution in [0, 0.1) is 0 Å². The van der Waals surface area contributed by atoms with Crippen molar-refractivity contribution in [1.29, 1.82) is 0 Å². The summed E-state index contributed by atoms with van der Waals surface area (Å²) >= 11 is 0. The summed E-state index contributed by atoms with van der Waals surface area (Å²) in [5.41, 5.74) is 13.3. The van der Waals surface area contributed by atoms with E-state index >= 15 is 0 Å². The number of benzene rings is 9. The van der Waals surface area contributed by atoms with Gasteiger partial charge in [0.25, 0.3) is 0 Å². The first-order chi connectivity index (χ1) is 29.2. The molecule has 4 nitrogen and oxygen atoms in total. The van der Waals surface area contributed by atoms with Crippen LogP contribution in [0.1, 0.15) is 0 Å². The number of nitrogens with zero attached hydrogens (tertiary/aromatic N) is 3. The van der Waals surface area contributed by atoms with Crippen LogP contribution in [0.2, 0.25) is 0 Å². The first-order valence-corrected chi connectivity index (χ1v) is 19.8. The summed E-state index contributed by atoms with van der Waals surface area (Å²) in [5, 5.41) is 4.58. The maximum absolute atomic E-state index is 6.55. The van der Waals surface area contributed by atoms with Crippen molar-refractivity contribution in [2.24, 2.45) is 0 Å². The first-order valence-electron chi connectivity index (χ1n) is 19.8. The highest BCUT2D eigenvalue weighted by molar-refractivity contribution is 6.13. The maximum atomic E-state index is 6.55. The molecule has 276 valence electrons. The van der Waals surface area contributed by atoms with Gasteiger partial charge in [0.15, 0.2) is 17.5 Å². The monoisotopic (exact) mass is 753 g/mol. The number of hydrogen-bond acceptors (Lipinski definition) is 4. The first kappa shape index (κ1) is 34.3. The Balaban J connectivity index is 1.07. The zero-order valence-corrected chi connectivity index (χ0v) is 32.0. The van der Waals surface area contributed by atoms with Gasteiger partial charge in [-0.3, -0.25) is 0 Å². The topological polar surface area (TPSA) is 51.8 Å². The van der Waals surface area contributed by atoms with E-state index in [1.807, 2.05) is 24.3 Å². The molecule has 0 unspecified atom stereocenters. The largest absolute Gasteiger partial charge is 0.456 e. The van der Waals surface area contributed by atoms with Gasteiger partial charge in [0, 0.05) is 27.5 Å². The lowest BCUT2D eigenvalue weighted by molar-refractivity contribution is 0.669. The number of furan rings is 1. The van der Waals surface area contributed by atoms with Gasteiger partial charge >= 0.3 is 0 Å². The molecule has 0 aliphatic heterocycles. The molecular weight excluding hydrogens is 719 g/mol. The average molecular weight is 754 g/mol. The number of rotatable bonds is 7. The molecule has 2 aromatic heterocycles. The Morgan fingerprint density at radius 2 is 0.780 bits per heavy atom. The summed E-state index contributed by atoms with van der Waals surface area (Å²) in [6.45, 7) is 0. The Labute approximate surface area is 341 Å². The highest BCUT2D eigenvalue weighted by Crippen LogP contribution is 2.39. The molecule has 0 atom stereocenters. The summed E-state index contributed by atoms with van der Waals surface area (Å²) in [5.74, 6) is 1.76. The van der Waals surface area contributed by atoms with Crippen molar-refractivity contribution >= 4 is 32.7 Å². The number of fused-ring (bicyclic) bond motifs is 4. The molecule has 0 N–H and O–H groups in total. The standard InChI is InChI=1S/C55H35N3O/c1-4-13-36(14-5-1)45-32-46(37-15-6-2-7-16-37)34-47(33-45)55-57-53(41-26-23-39(24-27-41)43-28-25-38-17-10-11-20-42(38)31-43)56-54(58-55)44-29-30-49-51(35-44)59-50-22-12-21-48(52(49)50)40-18-8-3-9-19-40/h1-35H. The summed E-state index contributed by atoms with van der Waals surface area (Å²) in [6.07, 6.45) is 0. The van der Waals surface area contributed by atoms with Crippen LogP contribution in [-0.2, 0) is 0 Å². The maximum Gasteiger partial charge on any atom is 0.164 e. The van der Waals surface area contributed by atoms with E-state index in [1.165, 1.54) is 10.8 Å². The van der Waals surface area contributed by atoms with Gasteiger partial charge in [-0.05, 0) is 97.7 Å². The summed E-state index contributed by atoms with van der Waals surface area (Å²) < 4.78 is 6.55. The van der Waals surface area contributed by atoms with Crippen molar-refractivity contribution < 1.29 is 4.42 Å². The van der Waals surface area contributed by atoms with Gasteiger partial charge in [0.2, 0.25) is 0 Å². The molecule has 59 heavy (non-hydrogen) atoms. The summed E-state index contributed by atoms with van der Waals surface area (Å²) in [6, 6.07) is 74.1. The Bertz CT molecular complexity index is 3240. The molecule has 11 rings (SSSR count). The van der Waals surface area contributed by atoms with Crippen molar-refractivity contribution in [3.05, 3.63) is 212 Å². The molecule has 9 aromatic carbocycles. The fourth-order valence-electron chi connectivity index (χ4n) is 8.12. The third-order valence-corrected chi connectivity index (χ3v) is 11.1. The molecule has 11 aromatic rings. The lowest BCUT2D eigenvalue weighted by Gasteiger charge is -2.13. The predicted molar refractivity (Wildman–Crippen MR) is 243 cm³/mol. The van der Waals surface area contributed by atoms with Gasteiger partial charge in [-0.25, -0.2) is 15.0 Å². The molecule has 0 aliphatic rings. The highest BCUT2D eigenvalue weighted by Gasteiger charge is 2.18. The molecule has 0 spiro atoms. The zero-order valence-electron chi connectivity index (χ0n) is 32.0. The Kier molecular flexibility index (Phi) is 8.45. The van der Waals surface area contributed by atoms with Crippen molar-refractivity contribution in [2.45, 2.75) is 0 Å².